The van der Waals surface area contributed by atoms with Crippen LogP contribution in [0.25, 0.3) is 11.2 Å². The van der Waals surface area contributed by atoms with Crippen molar-refractivity contribution in [3.05, 3.63) is 19.1 Å². The Morgan fingerprint density at radius 3 is 2.79 bits per heavy atom. The van der Waals surface area contributed by atoms with Crippen LogP contribution in [0.1, 0.15) is 13.2 Å². The number of rotatable bonds is 2. The molecule has 1 aliphatic heterocycles. The Bertz CT molecular complexity index is 601. The predicted molar refractivity (Wildman–Crippen MR) is 65.6 cm³/mol. The van der Waals surface area contributed by atoms with Crippen LogP contribution in [-0.2, 0) is 4.74 Å². The number of aliphatic hydroxyl groups is 2. The van der Waals surface area contributed by atoms with Crippen molar-refractivity contribution < 1.29 is 14.9 Å². The van der Waals surface area contributed by atoms with E-state index in [-0.39, 0.29) is 5.82 Å². The van der Waals surface area contributed by atoms with Gasteiger partial charge in [0.15, 0.2) is 17.7 Å². The average Bonchev–Trinajstić information content (AvgIpc) is 2.94. The first-order chi connectivity index (χ1) is 9.13. The van der Waals surface area contributed by atoms with Gasteiger partial charge in [0.25, 0.3) is 0 Å². The van der Waals surface area contributed by atoms with E-state index in [9.17, 15) is 10.2 Å². The highest BCUT2D eigenvalue weighted by atomic mass is 16.6. The molecule has 4 atom stereocenters. The molecular weight excluding hydrogens is 250 g/mol. The second-order valence-electron chi connectivity index (χ2n) is 4.39. The number of nitrogens with two attached hydrogens (primary N) is 1. The lowest BCUT2D eigenvalue weighted by molar-refractivity contribution is -0.0270. The first kappa shape index (κ1) is 12.3. The minimum absolute atomic E-state index is 0.260. The van der Waals surface area contributed by atoms with Crippen molar-refractivity contribution >= 4 is 17.0 Å². The molecule has 19 heavy (non-hydrogen) atoms. The van der Waals surface area contributed by atoms with Gasteiger partial charge >= 0.3 is 0 Å². The van der Waals surface area contributed by atoms with Crippen molar-refractivity contribution in [3.63, 3.8) is 0 Å². The van der Waals surface area contributed by atoms with E-state index in [0.717, 1.165) is 0 Å². The van der Waals surface area contributed by atoms with Crippen molar-refractivity contribution in [1.29, 1.82) is 0 Å². The molecule has 101 valence electrons. The lowest BCUT2D eigenvalue weighted by atomic mass is 10.1. The molecule has 4 N–H and O–H groups in total. The molecule has 2 aromatic heterocycles. The Labute approximate surface area is 108 Å². The number of ether oxygens (including phenoxy) is 1. The fourth-order valence-electron chi connectivity index (χ4n) is 2.25. The monoisotopic (exact) mass is 264 g/mol. The summed E-state index contributed by atoms with van der Waals surface area (Å²) in [5.74, 6) is 0.260. The molecule has 1 fully saturated rings. The van der Waals surface area contributed by atoms with Gasteiger partial charge in [-0.05, 0) is 6.42 Å². The average molecular weight is 264 g/mol. The van der Waals surface area contributed by atoms with Gasteiger partial charge in [-0.25, -0.2) is 15.0 Å². The quantitative estimate of drug-likeness (QED) is 0.653. The molecule has 0 unspecified atom stereocenters. The van der Waals surface area contributed by atoms with Crippen LogP contribution in [0.4, 0.5) is 5.82 Å². The summed E-state index contributed by atoms with van der Waals surface area (Å²) in [6.07, 6.45) is 1.15. The van der Waals surface area contributed by atoms with Gasteiger partial charge < -0.3 is 20.7 Å². The Morgan fingerprint density at radius 2 is 2.11 bits per heavy atom. The number of anilines is 1. The van der Waals surface area contributed by atoms with E-state index in [1.807, 2.05) is 0 Å². The van der Waals surface area contributed by atoms with Gasteiger partial charge in [0.05, 0.1) is 12.4 Å². The topological polar surface area (TPSA) is 119 Å². The van der Waals surface area contributed by atoms with Gasteiger partial charge in [0, 0.05) is 0 Å². The molecule has 0 amide bonds. The van der Waals surface area contributed by atoms with E-state index in [1.165, 1.54) is 12.7 Å². The molecule has 0 saturated carbocycles. The number of aromatic nitrogens is 4. The molecule has 3 rings (SSSR count). The number of aliphatic hydroxyl groups excluding tert-OH is 2. The number of imidazole rings is 1. The molecule has 1 radical (unpaired) electrons. The highest BCUT2D eigenvalue weighted by Gasteiger charge is 2.43. The summed E-state index contributed by atoms with van der Waals surface area (Å²) in [5.41, 5.74) is 6.60. The fraction of sp³-hybridized carbons (Fsp3) is 0.455. The largest absolute Gasteiger partial charge is 0.388 e. The van der Waals surface area contributed by atoms with E-state index in [4.69, 9.17) is 10.5 Å². The normalized spacial score (nSPS) is 31.1. The van der Waals surface area contributed by atoms with E-state index in [1.54, 1.807) is 17.9 Å². The van der Waals surface area contributed by atoms with Crippen LogP contribution in [0, 0.1) is 6.42 Å². The van der Waals surface area contributed by atoms with Crippen LogP contribution in [0.15, 0.2) is 12.7 Å². The SMILES string of the molecule is C[CH][C@H]1O[C@@H](n2cnc3c(N)ncnc32)[C@H](O)[C@@H]1O. The fourth-order valence-corrected chi connectivity index (χ4v) is 2.25. The summed E-state index contributed by atoms with van der Waals surface area (Å²) in [6.45, 7) is 1.76. The standard InChI is InChI=1S/C11H14N5O3/c1-2-5-7(17)8(18)11(19-5)16-4-15-6-9(12)13-3-14-10(6)16/h2-5,7-8,11,17-18H,1H3,(H2,12,13,14)/t5-,7-,8-,11-/m1/s1. The van der Waals surface area contributed by atoms with Crippen LogP contribution in [0.5, 0.6) is 0 Å². The van der Waals surface area contributed by atoms with Crippen LogP contribution in [0.2, 0.25) is 0 Å². The Morgan fingerprint density at radius 1 is 1.32 bits per heavy atom. The van der Waals surface area contributed by atoms with Crippen molar-refractivity contribution in [3.8, 4) is 0 Å². The highest BCUT2D eigenvalue weighted by Crippen LogP contribution is 2.32. The Hall–Kier alpha value is -1.77. The minimum Gasteiger partial charge on any atom is -0.388 e. The third-order valence-electron chi connectivity index (χ3n) is 3.26. The van der Waals surface area contributed by atoms with Crippen molar-refractivity contribution in [2.45, 2.75) is 31.5 Å². The maximum atomic E-state index is 10.0. The van der Waals surface area contributed by atoms with Crippen LogP contribution in [-0.4, -0.2) is 48.0 Å². The van der Waals surface area contributed by atoms with Crippen LogP contribution in [0.3, 0.4) is 0 Å². The van der Waals surface area contributed by atoms with Crippen molar-refractivity contribution in [2.75, 3.05) is 5.73 Å². The lowest BCUT2D eigenvalue weighted by Gasteiger charge is -2.16. The lowest BCUT2D eigenvalue weighted by Crippen LogP contribution is -2.31. The van der Waals surface area contributed by atoms with Crippen molar-refractivity contribution in [1.82, 2.24) is 19.5 Å². The van der Waals surface area contributed by atoms with Crippen LogP contribution < -0.4 is 5.73 Å². The van der Waals surface area contributed by atoms with Gasteiger partial charge in [-0.1, -0.05) is 6.92 Å². The van der Waals surface area contributed by atoms with E-state index < -0.39 is 24.5 Å². The van der Waals surface area contributed by atoms with E-state index in [0.29, 0.717) is 11.2 Å². The van der Waals surface area contributed by atoms with Gasteiger partial charge in [0.1, 0.15) is 24.1 Å². The molecule has 1 aliphatic rings. The molecule has 0 bridgehead atoms. The predicted octanol–water partition coefficient (Wildman–Crippen LogP) is -0.748. The molecule has 0 spiro atoms. The molecule has 8 nitrogen and oxygen atoms in total. The highest BCUT2D eigenvalue weighted by molar-refractivity contribution is 5.81. The third-order valence-corrected chi connectivity index (χ3v) is 3.26. The van der Waals surface area contributed by atoms with E-state index in [2.05, 4.69) is 15.0 Å². The summed E-state index contributed by atoms with van der Waals surface area (Å²) in [5, 5.41) is 19.9. The first-order valence-corrected chi connectivity index (χ1v) is 5.87. The number of hydrogen-bond donors (Lipinski definition) is 3. The maximum absolute atomic E-state index is 10.0. The second-order valence-corrected chi connectivity index (χ2v) is 4.39. The smallest absolute Gasteiger partial charge is 0.167 e. The zero-order valence-corrected chi connectivity index (χ0v) is 10.2. The number of nitrogens with zero attached hydrogens (tertiary/aromatic N) is 4. The van der Waals surface area contributed by atoms with Gasteiger partial charge in [-0.15, -0.1) is 0 Å². The molecule has 0 aromatic carbocycles. The van der Waals surface area contributed by atoms with Gasteiger partial charge in [0.2, 0.25) is 0 Å². The third kappa shape index (κ3) is 1.76. The number of hydrogen-bond acceptors (Lipinski definition) is 7. The Balaban J connectivity index is 2.04. The summed E-state index contributed by atoms with van der Waals surface area (Å²) < 4.78 is 7.14. The summed E-state index contributed by atoms with van der Waals surface area (Å²) in [7, 11) is 0. The molecule has 3 heterocycles. The second kappa shape index (κ2) is 4.41. The molecule has 0 aliphatic carbocycles. The maximum Gasteiger partial charge on any atom is 0.167 e. The van der Waals surface area contributed by atoms with Gasteiger partial charge in [-0.2, -0.15) is 0 Å². The summed E-state index contributed by atoms with van der Waals surface area (Å²) in [6, 6.07) is 0. The number of fused-ring (bicyclic) bond motifs is 1. The molecule has 8 heteroatoms. The first-order valence-electron chi connectivity index (χ1n) is 5.87. The molecule has 2 aromatic rings. The van der Waals surface area contributed by atoms with E-state index >= 15 is 0 Å². The minimum atomic E-state index is -1.06. The number of nitrogen functional groups attached to an aromatic ring is 1. The van der Waals surface area contributed by atoms with Gasteiger partial charge in [-0.3, -0.25) is 4.57 Å². The Kier molecular flexibility index (Phi) is 2.85. The van der Waals surface area contributed by atoms with Crippen molar-refractivity contribution in [2.24, 2.45) is 0 Å². The molecule has 1 saturated heterocycles. The zero-order chi connectivity index (χ0) is 13.6. The zero-order valence-electron chi connectivity index (χ0n) is 10.2. The van der Waals surface area contributed by atoms with Crippen LogP contribution >= 0.6 is 0 Å². The molecular formula is C11H14N5O3. The summed E-state index contributed by atoms with van der Waals surface area (Å²) >= 11 is 0. The summed E-state index contributed by atoms with van der Waals surface area (Å²) in [4.78, 5) is 12.0.